The second-order valence-electron chi connectivity index (χ2n) is 7.87. The highest BCUT2D eigenvalue weighted by molar-refractivity contribution is 5.78. The standard InChI is InChI=1S/C21H32N2O2/c1-3-9-25-19-10-14(2)7-8-17(19)13-23-21(24)18-11-15-5-4-6-16(12-18)20(15)22/h7-8,10,15-16,18,20H,3-6,9,11-13,22H2,1-2H3,(H,23,24). The number of carbonyl (C=O) groups is 1. The van der Waals surface area contributed by atoms with Crippen molar-refractivity contribution in [3.63, 3.8) is 0 Å². The van der Waals surface area contributed by atoms with Crippen LogP contribution in [0.3, 0.4) is 0 Å². The van der Waals surface area contributed by atoms with Gasteiger partial charge in [-0.3, -0.25) is 4.79 Å². The number of amides is 1. The van der Waals surface area contributed by atoms with Crippen LogP contribution in [0.5, 0.6) is 5.75 Å². The predicted octanol–water partition coefficient (Wildman–Crippen LogP) is 3.55. The van der Waals surface area contributed by atoms with Crippen molar-refractivity contribution < 1.29 is 9.53 Å². The summed E-state index contributed by atoms with van der Waals surface area (Å²) in [5.74, 6) is 2.27. The van der Waals surface area contributed by atoms with Gasteiger partial charge < -0.3 is 15.8 Å². The summed E-state index contributed by atoms with van der Waals surface area (Å²) in [6, 6.07) is 6.50. The molecule has 0 heterocycles. The van der Waals surface area contributed by atoms with Crippen molar-refractivity contribution in [2.24, 2.45) is 23.5 Å². The number of ether oxygens (including phenoxy) is 1. The first-order chi connectivity index (χ1) is 12.1. The molecule has 3 rings (SSSR count). The Hall–Kier alpha value is -1.55. The van der Waals surface area contributed by atoms with E-state index in [4.69, 9.17) is 10.5 Å². The molecule has 3 N–H and O–H groups in total. The molecule has 2 aliphatic carbocycles. The quantitative estimate of drug-likeness (QED) is 0.829. The van der Waals surface area contributed by atoms with Crippen molar-refractivity contribution in [1.29, 1.82) is 0 Å². The minimum Gasteiger partial charge on any atom is -0.493 e. The highest BCUT2D eigenvalue weighted by atomic mass is 16.5. The summed E-state index contributed by atoms with van der Waals surface area (Å²) in [7, 11) is 0. The van der Waals surface area contributed by atoms with Crippen LogP contribution in [0.15, 0.2) is 18.2 Å². The van der Waals surface area contributed by atoms with E-state index in [1.165, 1.54) is 24.8 Å². The van der Waals surface area contributed by atoms with Crippen molar-refractivity contribution in [2.75, 3.05) is 6.61 Å². The van der Waals surface area contributed by atoms with Crippen molar-refractivity contribution in [3.8, 4) is 5.75 Å². The zero-order chi connectivity index (χ0) is 17.8. The molecule has 1 aromatic rings. The molecule has 2 saturated carbocycles. The third kappa shape index (κ3) is 4.35. The van der Waals surface area contributed by atoms with Crippen LogP contribution in [-0.2, 0) is 11.3 Å². The highest BCUT2D eigenvalue weighted by Gasteiger charge is 2.40. The van der Waals surface area contributed by atoms with Gasteiger partial charge >= 0.3 is 0 Å². The summed E-state index contributed by atoms with van der Waals surface area (Å²) < 4.78 is 5.85. The fraction of sp³-hybridized carbons (Fsp3) is 0.667. The van der Waals surface area contributed by atoms with Gasteiger partial charge in [0.2, 0.25) is 5.91 Å². The van der Waals surface area contributed by atoms with Crippen LogP contribution in [0.4, 0.5) is 0 Å². The normalized spacial score (nSPS) is 28.4. The first-order valence-electron chi connectivity index (χ1n) is 9.84. The molecule has 0 aromatic heterocycles. The fourth-order valence-corrected chi connectivity index (χ4v) is 4.48. The van der Waals surface area contributed by atoms with Gasteiger partial charge in [0, 0.05) is 24.1 Å². The van der Waals surface area contributed by atoms with Gasteiger partial charge in [-0.2, -0.15) is 0 Å². The summed E-state index contributed by atoms with van der Waals surface area (Å²) in [5.41, 5.74) is 8.58. The van der Waals surface area contributed by atoms with Gasteiger partial charge in [0.05, 0.1) is 6.61 Å². The molecule has 2 atom stereocenters. The maximum Gasteiger partial charge on any atom is 0.223 e. The van der Waals surface area contributed by atoms with Gasteiger partial charge in [-0.05, 0) is 62.5 Å². The molecule has 2 fully saturated rings. The lowest BCUT2D eigenvalue weighted by Gasteiger charge is -2.43. The molecule has 4 nitrogen and oxygen atoms in total. The Labute approximate surface area is 151 Å². The molecule has 1 aromatic carbocycles. The lowest BCUT2D eigenvalue weighted by Crippen LogP contribution is -2.49. The summed E-state index contributed by atoms with van der Waals surface area (Å²) in [6.45, 7) is 5.40. The lowest BCUT2D eigenvalue weighted by molar-refractivity contribution is -0.128. The van der Waals surface area contributed by atoms with E-state index < -0.39 is 0 Å². The number of aryl methyl sites for hydroxylation is 1. The van der Waals surface area contributed by atoms with Gasteiger partial charge in [0.25, 0.3) is 0 Å². The zero-order valence-electron chi connectivity index (χ0n) is 15.6. The Morgan fingerprint density at radius 1 is 1.28 bits per heavy atom. The summed E-state index contributed by atoms with van der Waals surface area (Å²) >= 11 is 0. The van der Waals surface area contributed by atoms with Crippen LogP contribution < -0.4 is 15.8 Å². The number of fused-ring (bicyclic) bond motifs is 2. The van der Waals surface area contributed by atoms with Crippen LogP contribution in [-0.4, -0.2) is 18.6 Å². The Morgan fingerprint density at radius 3 is 2.68 bits per heavy atom. The molecule has 0 aliphatic heterocycles. The second kappa shape index (κ2) is 8.22. The second-order valence-corrected chi connectivity index (χ2v) is 7.87. The summed E-state index contributed by atoms with van der Waals surface area (Å²) in [4.78, 5) is 12.7. The Balaban J connectivity index is 1.59. The largest absolute Gasteiger partial charge is 0.493 e. The Bertz CT molecular complexity index is 588. The predicted molar refractivity (Wildman–Crippen MR) is 100 cm³/mol. The number of nitrogens with one attached hydrogen (secondary N) is 1. The van der Waals surface area contributed by atoms with E-state index in [9.17, 15) is 4.79 Å². The third-order valence-electron chi connectivity index (χ3n) is 5.92. The van der Waals surface area contributed by atoms with Crippen molar-refractivity contribution in [3.05, 3.63) is 29.3 Å². The zero-order valence-corrected chi connectivity index (χ0v) is 15.6. The maximum atomic E-state index is 12.7. The van der Waals surface area contributed by atoms with E-state index >= 15 is 0 Å². The molecule has 0 saturated heterocycles. The monoisotopic (exact) mass is 344 g/mol. The smallest absolute Gasteiger partial charge is 0.223 e. The minimum absolute atomic E-state index is 0.126. The van der Waals surface area contributed by atoms with E-state index in [0.29, 0.717) is 31.0 Å². The fourth-order valence-electron chi connectivity index (χ4n) is 4.48. The van der Waals surface area contributed by atoms with Gasteiger partial charge in [-0.25, -0.2) is 0 Å². The van der Waals surface area contributed by atoms with Crippen LogP contribution in [0.25, 0.3) is 0 Å². The SMILES string of the molecule is CCCOc1cc(C)ccc1CNC(=O)C1CC2CCCC(C1)C2N. The van der Waals surface area contributed by atoms with Gasteiger partial charge in [0.1, 0.15) is 5.75 Å². The molecule has 25 heavy (non-hydrogen) atoms. The minimum atomic E-state index is 0.126. The van der Waals surface area contributed by atoms with Crippen LogP contribution in [0.2, 0.25) is 0 Å². The van der Waals surface area contributed by atoms with Crippen molar-refractivity contribution >= 4 is 5.91 Å². The molecule has 2 aliphatic rings. The molecule has 138 valence electrons. The highest BCUT2D eigenvalue weighted by Crippen LogP contribution is 2.41. The van der Waals surface area contributed by atoms with E-state index in [1.807, 2.05) is 0 Å². The molecule has 2 unspecified atom stereocenters. The molecular formula is C21H32N2O2. The topological polar surface area (TPSA) is 64.3 Å². The van der Waals surface area contributed by atoms with Gasteiger partial charge in [-0.15, -0.1) is 0 Å². The third-order valence-corrected chi connectivity index (χ3v) is 5.92. The molecular weight excluding hydrogens is 312 g/mol. The average molecular weight is 344 g/mol. The van der Waals surface area contributed by atoms with Crippen LogP contribution >= 0.6 is 0 Å². The summed E-state index contributed by atoms with van der Waals surface area (Å²) in [5, 5.41) is 3.15. The first-order valence-corrected chi connectivity index (χ1v) is 9.84. The molecule has 2 bridgehead atoms. The van der Waals surface area contributed by atoms with E-state index in [0.717, 1.165) is 30.6 Å². The van der Waals surface area contributed by atoms with E-state index in [2.05, 4.69) is 37.4 Å². The molecule has 4 heteroatoms. The van der Waals surface area contributed by atoms with Crippen molar-refractivity contribution in [1.82, 2.24) is 5.32 Å². The molecule has 0 radical (unpaired) electrons. The number of hydrogen-bond donors (Lipinski definition) is 2. The van der Waals surface area contributed by atoms with Gasteiger partial charge in [0.15, 0.2) is 0 Å². The number of carbonyl (C=O) groups excluding carboxylic acids is 1. The van der Waals surface area contributed by atoms with Crippen molar-refractivity contribution in [2.45, 2.75) is 65.0 Å². The number of nitrogens with two attached hydrogens (primary N) is 1. The number of benzene rings is 1. The summed E-state index contributed by atoms with van der Waals surface area (Å²) in [6.07, 6.45) is 6.54. The first kappa shape index (κ1) is 18.2. The van der Waals surface area contributed by atoms with Crippen LogP contribution in [0.1, 0.15) is 56.6 Å². The Kier molecular flexibility index (Phi) is 6.00. The van der Waals surface area contributed by atoms with E-state index in [1.54, 1.807) is 0 Å². The maximum absolute atomic E-state index is 12.7. The Morgan fingerprint density at radius 2 is 2.00 bits per heavy atom. The number of hydrogen-bond acceptors (Lipinski definition) is 3. The van der Waals surface area contributed by atoms with Gasteiger partial charge in [-0.1, -0.05) is 25.5 Å². The van der Waals surface area contributed by atoms with Crippen LogP contribution in [0, 0.1) is 24.7 Å². The average Bonchev–Trinajstić information content (AvgIpc) is 2.58. The van der Waals surface area contributed by atoms with E-state index in [-0.39, 0.29) is 11.8 Å². The number of rotatable bonds is 6. The molecule has 0 spiro atoms. The lowest BCUT2D eigenvalue weighted by atomic mass is 9.65. The molecule has 1 amide bonds.